The quantitative estimate of drug-likeness (QED) is 0.885. The van der Waals surface area contributed by atoms with E-state index in [1.807, 2.05) is 0 Å². The molecule has 1 aliphatic carbocycles. The van der Waals surface area contributed by atoms with Crippen LogP contribution in [0.1, 0.15) is 49.7 Å². The standard InChI is InChI=1S/C14H18N2O4/c1-13(2,3)20-12(19)16-14(6-7-14)9-4-5-10(11(17)18)15-8-9/h4-5,8H,6-7H2,1-3H3,(H,16,19)(H,17,18). The first-order valence-corrected chi connectivity index (χ1v) is 6.43. The third-order valence-electron chi connectivity index (χ3n) is 3.03. The van der Waals surface area contributed by atoms with Crippen LogP contribution in [0.5, 0.6) is 0 Å². The molecule has 0 aliphatic heterocycles. The van der Waals surface area contributed by atoms with E-state index >= 15 is 0 Å². The Morgan fingerprint density at radius 2 is 2.00 bits per heavy atom. The highest BCUT2D eigenvalue weighted by Crippen LogP contribution is 2.45. The van der Waals surface area contributed by atoms with Crippen LogP contribution in [0.25, 0.3) is 0 Å². The van der Waals surface area contributed by atoms with Crippen molar-refractivity contribution in [3.8, 4) is 0 Å². The van der Waals surface area contributed by atoms with Gasteiger partial charge in [0, 0.05) is 6.20 Å². The third kappa shape index (κ3) is 3.26. The molecule has 1 amide bonds. The van der Waals surface area contributed by atoms with Gasteiger partial charge in [-0.25, -0.2) is 14.6 Å². The molecule has 0 spiro atoms. The van der Waals surface area contributed by atoms with E-state index in [0.29, 0.717) is 0 Å². The summed E-state index contributed by atoms with van der Waals surface area (Å²) in [5.41, 5.74) is -0.229. The Hall–Kier alpha value is -2.11. The first-order valence-electron chi connectivity index (χ1n) is 6.43. The number of rotatable bonds is 3. The number of amides is 1. The maximum absolute atomic E-state index is 11.8. The average Bonchev–Trinajstić information content (AvgIpc) is 3.07. The van der Waals surface area contributed by atoms with Crippen LogP contribution in [-0.4, -0.2) is 27.8 Å². The molecule has 1 aliphatic rings. The lowest BCUT2D eigenvalue weighted by Gasteiger charge is -2.23. The molecule has 1 aromatic heterocycles. The molecule has 0 atom stereocenters. The van der Waals surface area contributed by atoms with Gasteiger partial charge in [0.1, 0.15) is 11.3 Å². The minimum absolute atomic E-state index is 0.0122. The minimum Gasteiger partial charge on any atom is -0.477 e. The molecule has 6 heteroatoms. The lowest BCUT2D eigenvalue weighted by atomic mass is 10.1. The second-order valence-electron chi connectivity index (χ2n) is 5.95. The van der Waals surface area contributed by atoms with E-state index in [1.165, 1.54) is 12.3 Å². The van der Waals surface area contributed by atoms with Gasteiger partial charge in [0.25, 0.3) is 0 Å². The van der Waals surface area contributed by atoms with Gasteiger partial charge in [0.2, 0.25) is 0 Å². The number of hydrogen-bond acceptors (Lipinski definition) is 4. The molecule has 1 heterocycles. The summed E-state index contributed by atoms with van der Waals surface area (Å²) in [5, 5.41) is 11.7. The van der Waals surface area contributed by atoms with Crippen molar-refractivity contribution < 1.29 is 19.4 Å². The van der Waals surface area contributed by atoms with Crippen LogP contribution >= 0.6 is 0 Å². The van der Waals surface area contributed by atoms with Crippen molar-refractivity contribution in [1.82, 2.24) is 10.3 Å². The van der Waals surface area contributed by atoms with Crippen LogP contribution in [0, 0.1) is 0 Å². The summed E-state index contributed by atoms with van der Waals surface area (Å²) in [6.45, 7) is 5.40. The smallest absolute Gasteiger partial charge is 0.408 e. The van der Waals surface area contributed by atoms with Crippen molar-refractivity contribution in [3.05, 3.63) is 29.6 Å². The number of ether oxygens (including phenoxy) is 1. The summed E-state index contributed by atoms with van der Waals surface area (Å²) >= 11 is 0. The van der Waals surface area contributed by atoms with Gasteiger partial charge < -0.3 is 15.2 Å². The van der Waals surface area contributed by atoms with Crippen molar-refractivity contribution in [3.63, 3.8) is 0 Å². The fourth-order valence-electron chi connectivity index (χ4n) is 1.91. The van der Waals surface area contributed by atoms with Crippen molar-refractivity contribution in [2.24, 2.45) is 0 Å². The summed E-state index contributed by atoms with van der Waals surface area (Å²) in [6, 6.07) is 3.12. The largest absolute Gasteiger partial charge is 0.477 e. The lowest BCUT2D eigenvalue weighted by Crippen LogP contribution is -2.39. The number of carbonyl (C=O) groups excluding carboxylic acids is 1. The molecule has 0 saturated heterocycles. The van der Waals surface area contributed by atoms with Crippen LogP contribution in [0.15, 0.2) is 18.3 Å². The molecular weight excluding hydrogens is 260 g/mol. The van der Waals surface area contributed by atoms with E-state index in [9.17, 15) is 9.59 Å². The highest BCUT2D eigenvalue weighted by atomic mass is 16.6. The Bertz CT molecular complexity index is 527. The Morgan fingerprint density at radius 3 is 2.40 bits per heavy atom. The molecule has 2 rings (SSSR count). The SMILES string of the molecule is CC(C)(C)OC(=O)NC1(c2ccc(C(=O)O)nc2)CC1. The number of pyridine rings is 1. The zero-order chi connectivity index (χ0) is 15.0. The summed E-state index contributed by atoms with van der Waals surface area (Å²) < 4.78 is 5.23. The maximum atomic E-state index is 11.8. The molecule has 20 heavy (non-hydrogen) atoms. The first-order chi connectivity index (χ1) is 9.22. The summed E-state index contributed by atoms with van der Waals surface area (Å²) in [5.74, 6) is -1.07. The number of aromatic carboxylic acids is 1. The number of carbonyl (C=O) groups is 2. The fourth-order valence-corrected chi connectivity index (χ4v) is 1.91. The number of hydrogen-bond donors (Lipinski definition) is 2. The molecule has 0 radical (unpaired) electrons. The van der Waals surface area contributed by atoms with Gasteiger partial charge in [-0.2, -0.15) is 0 Å². The van der Waals surface area contributed by atoms with Crippen LogP contribution in [0.3, 0.4) is 0 Å². The Morgan fingerprint density at radius 1 is 1.35 bits per heavy atom. The van der Waals surface area contributed by atoms with Gasteiger partial charge in [-0.3, -0.25) is 0 Å². The normalized spacial score (nSPS) is 16.4. The first kappa shape index (κ1) is 14.3. The molecule has 108 valence electrons. The van der Waals surface area contributed by atoms with E-state index in [4.69, 9.17) is 9.84 Å². The number of carboxylic acids is 1. The molecule has 1 aromatic rings. The van der Waals surface area contributed by atoms with Crippen molar-refractivity contribution in [2.45, 2.75) is 44.8 Å². The van der Waals surface area contributed by atoms with Crippen LogP contribution in [-0.2, 0) is 10.3 Å². The monoisotopic (exact) mass is 278 g/mol. The third-order valence-corrected chi connectivity index (χ3v) is 3.03. The summed E-state index contributed by atoms with van der Waals surface area (Å²) in [7, 11) is 0. The Labute approximate surface area is 117 Å². The molecular formula is C14H18N2O4. The second-order valence-corrected chi connectivity index (χ2v) is 5.95. The highest BCUT2D eigenvalue weighted by molar-refractivity contribution is 5.85. The second kappa shape index (κ2) is 4.77. The van der Waals surface area contributed by atoms with E-state index in [0.717, 1.165) is 18.4 Å². The predicted octanol–water partition coefficient (Wildman–Crippen LogP) is 2.29. The molecule has 0 unspecified atom stereocenters. The van der Waals surface area contributed by atoms with Gasteiger partial charge in [0.15, 0.2) is 0 Å². The van der Waals surface area contributed by atoms with Gasteiger partial charge in [-0.05, 0) is 45.2 Å². The number of nitrogens with zero attached hydrogens (tertiary/aromatic N) is 1. The Kier molecular flexibility index (Phi) is 3.41. The number of aromatic nitrogens is 1. The zero-order valence-electron chi connectivity index (χ0n) is 11.8. The van der Waals surface area contributed by atoms with Crippen LogP contribution in [0.4, 0.5) is 4.79 Å². The van der Waals surface area contributed by atoms with E-state index in [1.54, 1.807) is 26.8 Å². The van der Waals surface area contributed by atoms with E-state index in [-0.39, 0.29) is 5.69 Å². The molecule has 2 N–H and O–H groups in total. The Balaban J connectivity index is 2.08. The van der Waals surface area contributed by atoms with Crippen molar-refractivity contribution >= 4 is 12.1 Å². The lowest BCUT2D eigenvalue weighted by molar-refractivity contribution is 0.0494. The van der Waals surface area contributed by atoms with E-state index < -0.39 is 23.2 Å². The summed E-state index contributed by atoms with van der Waals surface area (Å²) in [6.07, 6.45) is 2.60. The number of alkyl carbamates (subject to hydrolysis) is 1. The molecule has 1 saturated carbocycles. The van der Waals surface area contributed by atoms with Gasteiger partial charge in [-0.15, -0.1) is 0 Å². The fraction of sp³-hybridized carbons (Fsp3) is 0.500. The maximum Gasteiger partial charge on any atom is 0.408 e. The molecule has 0 bridgehead atoms. The van der Waals surface area contributed by atoms with Crippen LogP contribution < -0.4 is 5.32 Å². The predicted molar refractivity (Wildman–Crippen MR) is 71.5 cm³/mol. The van der Waals surface area contributed by atoms with Crippen molar-refractivity contribution in [1.29, 1.82) is 0 Å². The van der Waals surface area contributed by atoms with E-state index in [2.05, 4.69) is 10.3 Å². The molecule has 0 aromatic carbocycles. The van der Waals surface area contributed by atoms with Gasteiger partial charge in [-0.1, -0.05) is 6.07 Å². The van der Waals surface area contributed by atoms with Gasteiger partial charge in [0.05, 0.1) is 5.54 Å². The summed E-state index contributed by atoms with van der Waals surface area (Å²) in [4.78, 5) is 26.4. The van der Waals surface area contributed by atoms with Crippen molar-refractivity contribution in [2.75, 3.05) is 0 Å². The topological polar surface area (TPSA) is 88.5 Å². The van der Waals surface area contributed by atoms with Crippen LogP contribution in [0.2, 0.25) is 0 Å². The highest BCUT2D eigenvalue weighted by Gasteiger charge is 2.46. The molecule has 6 nitrogen and oxygen atoms in total. The molecule has 1 fully saturated rings. The number of carboxylic acid groups (broad SMARTS) is 1. The number of nitrogens with one attached hydrogen (secondary N) is 1. The minimum atomic E-state index is -1.07. The average molecular weight is 278 g/mol. The zero-order valence-corrected chi connectivity index (χ0v) is 11.8. The van der Waals surface area contributed by atoms with Gasteiger partial charge >= 0.3 is 12.1 Å².